The van der Waals surface area contributed by atoms with Gasteiger partial charge in [0, 0.05) is 16.1 Å². The highest BCUT2D eigenvalue weighted by Gasteiger charge is 2.34. The molecular weight excluding hydrogens is 274 g/mol. The van der Waals surface area contributed by atoms with Gasteiger partial charge in [-0.1, -0.05) is 48.5 Å². The fourth-order valence-corrected chi connectivity index (χ4v) is 2.04. The maximum atomic E-state index is 12.4. The summed E-state index contributed by atoms with van der Waals surface area (Å²) in [7, 11) is 0. The van der Waals surface area contributed by atoms with Crippen LogP contribution in [0.15, 0.2) is 54.6 Å². The third kappa shape index (κ3) is 2.94. The lowest BCUT2D eigenvalue weighted by molar-refractivity contribution is -0.511. The fourth-order valence-electron chi connectivity index (χ4n) is 2.04. The number of nitrogens with zero attached hydrogens (tertiary/aromatic N) is 1. The van der Waals surface area contributed by atoms with E-state index in [0.717, 1.165) is 0 Å². The van der Waals surface area contributed by atoms with E-state index in [0.29, 0.717) is 0 Å². The molecule has 0 spiro atoms. The molecule has 106 valence electrons. The number of benzene rings is 2. The largest absolute Gasteiger partial charge is 0.478 e. The van der Waals surface area contributed by atoms with Crippen LogP contribution in [-0.2, 0) is 0 Å². The fraction of sp³-hybridized carbons (Fsp3) is 0.0667. The quantitative estimate of drug-likeness (QED) is 0.517. The van der Waals surface area contributed by atoms with Gasteiger partial charge in [-0.3, -0.25) is 14.9 Å². The van der Waals surface area contributed by atoms with Crippen molar-refractivity contribution >= 4 is 11.8 Å². The first-order valence-corrected chi connectivity index (χ1v) is 6.07. The number of hydrogen-bond donors (Lipinski definition) is 1. The lowest BCUT2D eigenvalue weighted by atomic mass is 9.94. The molecule has 6 heteroatoms. The molecule has 2 rings (SSSR count). The van der Waals surface area contributed by atoms with Gasteiger partial charge in [0.05, 0.1) is 5.56 Å². The minimum Gasteiger partial charge on any atom is -0.478 e. The van der Waals surface area contributed by atoms with Crippen molar-refractivity contribution in [2.45, 2.75) is 6.04 Å². The topological polar surface area (TPSA) is 97.5 Å². The van der Waals surface area contributed by atoms with Gasteiger partial charge in [-0.15, -0.1) is 0 Å². The smallest absolute Gasteiger partial charge is 0.336 e. The second-order valence-electron chi connectivity index (χ2n) is 4.31. The Labute approximate surface area is 119 Å². The van der Waals surface area contributed by atoms with Crippen molar-refractivity contribution in [2.24, 2.45) is 0 Å². The van der Waals surface area contributed by atoms with Crippen LogP contribution < -0.4 is 0 Å². The lowest BCUT2D eigenvalue weighted by Crippen LogP contribution is -2.23. The van der Waals surface area contributed by atoms with E-state index >= 15 is 0 Å². The lowest BCUT2D eigenvalue weighted by Gasteiger charge is -2.10. The molecule has 0 amide bonds. The number of carboxylic acid groups (broad SMARTS) is 1. The second kappa shape index (κ2) is 5.96. The van der Waals surface area contributed by atoms with Crippen LogP contribution in [0.4, 0.5) is 0 Å². The molecule has 0 bridgehead atoms. The van der Waals surface area contributed by atoms with E-state index in [9.17, 15) is 19.7 Å². The summed E-state index contributed by atoms with van der Waals surface area (Å²) < 4.78 is 0. The maximum absolute atomic E-state index is 12.4. The second-order valence-corrected chi connectivity index (χ2v) is 4.31. The number of rotatable bonds is 5. The Hall–Kier alpha value is -3.02. The number of hydrogen-bond acceptors (Lipinski definition) is 4. The van der Waals surface area contributed by atoms with Crippen LogP contribution in [0.2, 0.25) is 0 Å². The van der Waals surface area contributed by atoms with Crippen LogP contribution >= 0.6 is 0 Å². The Morgan fingerprint density at radius 1 is 0.952 bits per heavy atom. The summed E-state index contributed by atoms with van der Waals surface area (Å²) in [4.78, 5) is 34.1. The Morgan fingerprint density at radius 3 is 2.00 bits per heavy atom. The third-order valence-electron chi connectivity index (χ3n) is 3.00. The van der Waals surface area contributed by atoms with E-state index < -0.39 is 22.7 Å². The molecule has 21 heavy (non-hydrogen) atoms. The average molecular weight is 285 g/mol. The number of carbonyl (C=O) groups excluding carboxylic acids is 1. The first kappa shape index (κ1) is 14.4. The minimum atomic E-state index is -1.62. The van der Waals surface area contributed by atoms with Crippen LogP contribution in [0.3, 0.4) is 0 Å². The molecule has 6 nitrogen and oxygen atoms in total. The zero-order chi connectivity index (χ0) is 15.4. The molecule has 2 aromatic carbocycles. The van der Waals surface area contributed by atoms with Gasteiger partial charge < -0.3 is 5.11 Å². The molecule has 1 unspecified atom stereocenters. The van der Waals surface area contributed by atoms with Crippen LogP contribution in [0, 0.1) is 10.1 Å². The van der Waals surface area contributed by atoms with Crippen molar-refractivity contribution in [1.82, 2.24) is 0 Å². The van der Waals surface area contributed by atoms with E-state index in [-0.39, 0.29) is 16.7 Å². The molecule has 0 radical (unpaired) electrons. The molecule has 0 saturated heterocycles. The summed E-state index contributed by atoms with van der Waals surface area (Å²) in [6.45, 7) is 0. The Bertz CT molecular complexity index is 696. The number of carbonyl (C=O) groups is 2. The number of carboxylic acids is 1. The van der Waals surface area contributed by atoms with Gasteiger partial charge in [0.15, 0.2) is 0 Å². The standard InChI is InChI=1S/C15H11NO5/c17-14(11-8-4-5-9-12(11)15(18)19)13(16(20)21)10-6-2-1-3-7-10/h1-9,13H,(H,18,19). The number of aromatic carboxylic acids is 1. The molecule has 0 aliphatic rings. The Balaban J connectivity index is 2.51. The maximum Gasteiger partial charge on any atom is 0.336 e. The van der Waals surface area contributed by atoms with Crippen molar-refractivity contribution in [3.63, 3.8) is 0 Å². The molecule has 0 aromatic heterocycles. The van der Waals surface area contributed by atoms with Gasteiger partial charge in [0.1, 0.15) is 0 Å². The van der Waals surface area contributed by atoms with Crippen LogP contribution in [0.25, 0.3) is 0 Å². The first-order valence-electron chi connectivity index (χ1n) is 6.07. The highest BCUT2D eigenvalue weighted by molar-refractivity contribution is 6.07. The van der Waals surface area contributed by atoms with Gasteiger partial charge in [-0.05, 0) is 6.07 Å². The summed E-state index contributed by atoms with van der Waals surface area (Å²) in [6, 6.07) is 11.6. The number of Topliss-reactive ketones (excluding diaryl/α,β-unsaturated/α-hetero) is 1. The number of nitro groups is 1. The van der Waals surface area contributed by atoms with Gasteiger partial charge in [0.2, 0.25) is 5.78 Å². The predicted molar refractivity (Wildman–Crippen MR) is 73.9 cm³/mol. The molecule has 1 atom stereocenters. The normalized spacial score (nSPS) is 11.6. The predicted octanol–water partition coefficient (Wildman–Crippen LogP) is 2.59. The number of ketones is 1. The average Bonchev–Trinajstić information content (AvgIpc) is 2.48. The SMILES string of the molecule is O=C(O)c1ccccc1C(=O)C(c1ccccc1)[N+](=O)[O-]. The van der Waals surface area contributed by atoms with Crippen molar-refractivity contribution in [2.75, 3.05) is 0 Å². The molecule has 0 saturated carbocycles. The molecule has 0 aliphatic heterocycles. The molecule has 0 heterocycles. The van der Waals surface area contributed by atoms with Crippen molar-refractivity contribution in [3.8, 4) is 0 Å². The first-order chi connectivity index (χ1) is 10.0. The van der Waals surface area contributed by atoms with Gasteiger partial charge in [-0.25, -0.2) is 4.79 Å². The van der Waals surface area contributed by atoms with Gasteiger partial charge in [-0.2, -0.15) is 0 Å². The Morgan fingerprint density at radius 2 is 1.48 bits per heavy atom. The highest BCUT2D eigenvalue weighted by atomic mass is 16.6. The van der Waals surface area contributed by atoms with E-state index in [1.54, 1.807) is 18.2 Å². The zero-order valence-electron chi connectivity index (χ0n) is 10.8. The van der Waals surface area contributed by atoms with Crippen LogP contribution in [-0.4, -0.2) is 21.8 Å². The molecule has 0 fully saturated rings. The molecule has 2 aromatic rings. The summed E-state index contributed by atoms with van der Waals surface area (Å²) in [5.74, 6) is -2.14. The molecule has 1 N–H and O–H groups in total. The summed E-state index contributed by atoms with van der Waals surface area (Å²) in [6.07, 6.45) is 0. The van der Waals surface area contributed by atoms with Crippen LogP contribution in [0.5, 0.6) is 0 Å². The molecule has 0 aliphatic carbocycles. The third-order valence-corrected chi connectivity index (χ3v) is 3.00. The van der Waals surface area contributed by atoms with E-state index in [2.05, 4.69) is 0 Å². The van der Waals surface area contributed by atoms with E-state index in [4.69, 9.17) is 5.11 Å². The Kier molecular flexibility index (Phi) is 4.08. The summed E-state index contributed by atoms with van der Waals surface area (Å²) in [5, 5.41) is 20.3. The monoisotopic (exact) mass is 285 g/mol. The van der Waals surface area contributed by atoms with Crippen molar-refractivity contribution < 1.29 is 19.6 Å². The van der Waals surface area contributed by atoms with E-state index in [1.807, 2.05) is 0 Å². The van der Waals surface area contributed by atoms with Crippen molar-refractivity contribution in [3.05, 3.63) is 81.4 Å². The van der Waals surface area contributed by atoms with E-state index in [1.165, 1.54) is 36.4 Å². The van der Waals surface area contributed by atoms with Crippen molar-refractivity contribution in [1.29, 1.82) is 0 Å². The summed E-state index contributed by atoms with van der Waals surface area (Å²) >= 11 is 0. The zero-order valence-corrected chi connectivity index (χ0v) is 10.8. The molecular formula is C15H11NO5. The van der Waals surface area contributed by atoms with Gasteiger partial charge in [0.25, 0.3) is 6.04 Å². The van der Waals surface area contributed by atoms with Gasteiger partial charge >= 0.3 is 5.97 Å². The van der Waals surface area contributed by atoms with Crippen LogP contribution in [0.1, 0.15) is 32.3 Å². The highest BCUT2D eigenvalue weighted by Crippen LogP contribution is 2.23. The summed E-state index contributed by atoms with van der Waals surface area (Å²) in [5.41, 5.74) is -0.200. The minimum absolute atomic E-state index is 0.171.